The van der Waals surface area contributed by atoms with Crippen LogP contribution in [0.15, 0.2) is 18.7 Å². The molecule has 0 saturated carbocycles. The number of hydrogen-bond donors (Lipinski definition) is 1. The molecule has 1 N–H and O–H groups in total. The molecule has 0 atom stereocenters. The fourth-order valence-corrected chi connectivity index (χ4v) is 1.40. The summed E-state index contributed by atoms with van der Waals surface area (Å²) in [6.07, 6.45) is 0. The molecule has 0 amide bonds. The Morgan fingerprint density at radius 2 is 1.94 bits per heavy atom. The third-order valence-corrected chi connectivity index (χ3v) is 2.15. The normalized spacial score (nSPS) is 10.1. The topological polar surface area (TPSA) is 57.2 Å². The maximum Gasteiger partial charge on any atom is 0.176 e. The van der Waals surface area contributed by atoms with Crippen LogP contribution < -0.4 is 9.62 Å². The van der Waals surface area contributed by atoms with E-state index < -0.39 is 0 Å². The lowest BCUT2D eigenvalue weighted by atomic mass is 10.1. The highest BCUT2D eigenvalue weighted by atomic mass is 17.2. The van der Waals surface area contributed by atoms with E-state index in [1.54, 1.807) is 13.2 Å². The van der Waals surface area contributed by atoms with Crippen LogP contribution >= 0.6 is 0 Å². The molecule has 0 aliphatic carbocycles. The monoisotopic (exact) mass is 240 g/mol. The van der Waals surface area contributed by atoms with Crippen LogP contribution in [0.25, 0.3) is 5.57 Å². The molecule has 1 rings (SSSR count). The second-order valence-corrected chi connectivity index (χ2v) is 3.31. The lowest BCUT2D eigenvalue weighted by molar-refractivity contribution is -0.178. The van der Waals surface area contributed by atoms with Gasteiger partial charge in [-0.15, -0.1) is 0 Å². The summed E-state index contributed by atoms with van der Waals surface area (Å²) >= 11 is 0. The van der Waals surface area contributed by atoms with Crippen molar-refractivity contribution in [2.24, 2.45) is 0 Å². The van der Waals surface area contributed by atoms with Crippen molar-refractivity contribution >= 4 is 5.57 Å². The fourth-order valence-electron chi connectivity index (χ4n) is 1.40. The van der Waals surface area contributed by atoms with Gasteiger partial charge in [0.25, 0.3) is 0 Å². The van der Waals surface area contributed by atoms with Gasteiger partial charge in [-0.1, -0.05) is 6.58 Å². The van der Waals surface area contributed by atoms with E-state index in [1.165, 1.54) is 20.3 Å². The summed E-state index contributed by atoms with van der Waals surface area (Å²) < 4.78 is 10.0. The van der Waals surface area contributed by atoms with Gasteiger partial charge < -0.3 is 19.5 Å². The Morgan fingerprint density at radius 3 is 2.47 bits per heavy atom. The van der Waals surface area contributed by atoms with E-state index in [0.29, 0.717) is 29.2 Å². The number of phenolic OH excluding ortho intramolecular Hbond substituents is 1. The van der Waals surface area contributed by atoms with Crippen LogP contribution in [-0.4, -0.2) is 33.0 Å². The van der Waals surface area contributed by atoms with Crippen molar-refractivity contribution in [3.63, 3.8) is 0 Å². The molecule has 17 heavy (non-hydrogen) atoms. The van der Waals surface area contributed by atoms with Crippen molar-refractivity contribution < 1.29 is 24.4 Å². The summed E-state index contributed by atoms with van der Waals surface area (Å²) in [5.41, 5.74) is 1.35. The van der Waals surface area contributed by atoms with Gasteiger partial charge in [-0.25, -0.2) is 0 Å². The summed E-state index contributed by atoms with van der Waals surface area (Å²) in [5.74, 6) is 0.655. The second kappa shape index (κ2) is 6.12. The zero-order chi connectivity index (χ0) is 12.8. The maximum atomic E-state index is 9.63. The van der Waals surface area contributed by atoms with Crippen LogP contribution in [0.4, 0.5) is 0 Å². The minimum Gasteiger partial charge on any atom is -0.504 e. The molecular formula is C12H16O5. The molecule has 94 valence electrons. The van der Waals surface area contributed by atoms with E-state index in [2.05, 4.69) is 11.5 Å². The van der Waals surface area contributed by atoms with Crippen LogP contribution in [0.3, 0.4) is 0 Å². The first-order chi connectivity index (χ1) is 8.13. The summed E-state index contributed by atoms with van der Waals surface area (Å²) in [5, 5.41) is 9.63. The zero-order valence-electron chi connectivity index (χ0n) is 10.1. The van der Waals surface area contributed by atoms with E-state index >= 15 is 0 Å². The van der Waals surface area contributed by atoms with Gasteiger partial charge in [-0.05, 0) is 11.6 Å². The number of phenols is 1. The number of rotatable bonds is 6. The van der Waals surface area contributed by atoms with Gasteiger partial charge in [-0.2, -0.15) is 4.89 Å². The molecule has 0 spiro atoms. The molecular weight excluding hydrogens is 224 g/mol. The molecule has 0 aliphatic rings. The average Bonchev–Trinajstić information content (AvgIpc) is 2.30. The fraction of sp³-hybridized carbons (Fsp3) is 0.333. The van der Waals surface area contributed by atoms with Crippen LogP contribution in [0.5, 0.6) is 17.2 Å². The largest absolute Gasteiger partial charge is 0.504 e. The van der Waals surface area contributed by atoms with E-state index in [-0.39, 0.29) is 5.75 Å². The van der Waals surface area contributed by atoms with Gasteiger partial charge >= 0.3 is 0 Å². The summed E-state index contributed by atoms with van der Waals surface area (Å²) in [6.45, 7) is 4.21. The average molecular weight is 240 g/mol. The van der Waals surface area contributed by atoms with E-state index in [4.69, 9.17) is 14.4 Å². The molecule has 1 aromatic carbocycles. The molecule has 0 aromatic heterocycles. The highest BCUT2D eigenvalue weighted by Crippen LogP contribution is 2.36. The third kappa shape index (κ3) is 3.12. The SMILES string of the molecule is C=C(COC)c1cc(OC)c(O)cc1OOC. The van der Waals surface area contributed by atoms with Gasteiger partial charge in [0.05, 0.1) is 20.8 Å². The Balaban J connectivity index is 3.18. The van der Waals surface area contributed by atoms with Gasteiger partial charge in [0.2, 0.25) is 0 Å². The van der Waals surface area contributed by atoms with Crippen molar-refractivity contribution in [1.82, 2.24) is 0 Å². The Labute approximate surface area is 100 Å². The van der Waals surface area contributed by atoms with Crippen molar-refractivity contribution in [3.8, 4) is 17.2 Å². The molecule has 0 fully saturated rings. The van der Waals surface area contributed by atoms with E-state index in [0.717, 1.165) is 0 Å². The molecule has 5 nitrogen and oxygen atoms in total. The van der Waals surface area contributed by atoms with Crippen LogP contribution in [0, 0.1) is 0 Å². The number of benzene rings is 1. The van der Waals surface area contributed by atoms with Crippen molar-refractivity contribution in [2.45, 2.75) is 0 Å². The standard InChI is InChI=1S/C12H16O5/c1-8(7-14-2)9-5-12(15-3)10(13)6-11(9)17-16-4/h5-6,13H,1,7H2,2-4H3. The highest BCUT2D eigenvalue weighted by molar-refractivity contribution is 5.72. The van der Waals surface area contributed by atoms with Crippen molar-refractivity contribution in [1.29, 1.82) is 0 Å². The molecule has 0 radical (unpaired) electrons. The molecule has 0 aliphatic heterocycles. The van der Waals surface area contributed by atoms with Gasteiger partial charge in [0, 0.05) is 18.7 Å². The van der Waals surface area contributed by atoms with Gasteiger partial charge in [-0.3, -0.25) is 0 Å². The second-order valence-electron chi connectivity index (χ2n) is 3.31. The van der Waals surface area contributed by atoms with Crippen molar-refractivity contribution in [3.05, 3.63) is 24.3 Å². The van der Waals surface area contributed by atoms with Crippen LogP contribution in [0.2, 0.25) is 0 Å². The maximum absolute atomic E-state index is 9.63. The zero-order valence-corrected chi connectivity index (χ0v) is 10.1. The molecule has 0 saturated heterocycles. The van der Waals surface area contributed by atoms with Gasteiger partial charge in [0.1, 0.15) is 0 Å². The Bertz CT molecular complexity index is 400. The summed E-state index contributed by atoms with van der Waals surface area (Å²) in [7, 11) is 4.42. The number of methoxy groups -OCH3 is 2. The lowest BCUT2D eigenvalue weighted by Crippen LogP contribution is -2.00. The van der Waals surface area contributed by atoms with Crippen molar-refractivity contribution in [2.75, 3.05) is 27.9 Å². The first-order valence-electron chi connectivity index (χ1n) is 4.92. The minimum atomic E-state index is -0.0338. The molecule has 0 bridgehead atoms. The van der Waals surface area contributed by atoms with Gasteiger partial charge in [0.15, 0.2) is 17.2 Å². The Kier molecular flexibility index (Phi) is 4.81. The Hall–Kier alpha value is -1.72. The van der Waals surface area contributed by atoms with Crippen LogP contribution in [0.1, 0.15) is 5.56 Å². The predicted octanol–water partition coefficient (Wildman–Crippen LogP) is 2.00. The minimum absolute atomic E-state index is 0.0338. The van der Waals surface area contributed by atoms with Crippen LogP contribution in [-0.2, 0) is 9.62 Å². The first kappa shape index (κ1) is 13.3. The van der Waals surface area contributed by atoms with E-state index in [9.17, 15) is 5.11 Å². The number of aromatic hydroxyl groups is 1. The Morgan fingerprint density at radius 1 is 1.24 bits per heavy atom. The first-order valence-corrected chi connectivity index (χ1v) is 4.92. The number of hydrogen-bond acceptors (Lipinski definition) is 5. The third-order valence-electron chi connectivity index (χ3n) is 2.15. The quantitative estimate of drug-likeness (QED) is 0.608. The molecule has 5 heteroatoms. The molecule has 1 aromatic rings. The summed E-state index contributed by atoms with van der Waals surface area (Å²) in [6, 6.07) is 3.02. The van der Waals surface area contributed by atoms with E-state index in [1.807, 2.05) is 0 Å². The summed E-state index contributed by atoms with van der Waals surface area (Å²) in [4.78, 5) is 9.54. The smallest absolute Gasteiger partial charge is 0.176 e. The molecule has 0 heterocycles. The number of ether oxygens (including phenoxy) is 2. The molecule has 0 unspecified atom stereocenters. The highest BCUT2D eigenvalue weighted by Gasteiger charge is 2.14. The predicted molar refractivity (Wildman–Crippen MR) is 63.2 cm³/mol. The lowest BCUT2D eigenvalue weighted by Gasteiger charge is -2.13.